The van der Waals surface area contributed by atoms with Crippen molar-refractivity contribution >= 4 is 23.8 Å². The number of methoxy groups -OCH3 is 2. The molecule has 10 heteroatoms. The number of hydrogen-bond acceptors (Lipinski definition) is 8. The highest BCUT2D eigenvalue weighted by Crippen LogP contribution is 2.43. The summed E-state index contributed by atoms with van der Waals surface area (Å²) in [4.78, 5) is 48.7. The minimum absolute atomic E-state index is 0.00361. The summed E-state index contributed by atoms with van der Waals surface area (Å²) in [5.74, 6) is -0.789. The van der Waals surface area contributed by atoms with Crippen LogP contribution in [0.2, 0.25) is 0 Å². The molecule has 0 aromatic heterocycles. The van der Waals surface area contributed by atoms with E-state index in [2.05, 4.69) is 5.32 Å². The van der Waals surface area contributed by atoms with E-state index in [9.17, 15) is 19.2 Å². The van der Waals surface area contributed by atoms with Crippen molar-refractivity contribution in [1.29, 1.82) is 0 Å². The number of cyclic esters (lactones) is 1. The zero-order chi connectivity index (χ0) is 29.9. The van der Waals surface area contributed by atoms with Gasteiger partial charge in [0.1, 0.15) is 23.7 Å². The van der Waals surface area contributed by atoms with Crippen LogP contribution < -0.4 is 19.5 Å². The number of unbranched alkanes of at least 4 members (excludes halogenated alkanes) is 1. The Morgan fingerprint density at radius 2 is 1.71 bits per heavy atom. The van der Waals surface area contributed by atoms with Gasteiger partial charge >= 0.3 is 17.9 Å². The van der Waals surface area contributed by atoms with E-state index in [1.165, 1.54) is 7.11 Å². The number of esters is 2. The Kier molecular flexibility index (Phi) is 11.3. The van der Waals surface area contributed by atoms with Crippen LogP contribution in [-0.4, -0.2) is 43.1 Å². The minimum Gasteiger partial charge on any atom is -0.497 e. The second-order valence-corrected chi connectivity index (χ2v) is 9.85. The first kappa shape index (κ1) is 31.2. The van der Waals surface area contributed by atoms with Gasteiger partial charge in [-0.1, -0.05) is 23.8 Å². The highest BCUT2D eigenvalue weighted by Gasteiger charge is 2.34. The van der Waals surface area contributed by atoms with Gasteiger partial charge in [-0.3, -0.25) is 14.4 Å². The van der Waals surface area contributed by atoms with Gasteiger partial charge in [0.05, 0.1) is 14.2 Å². The molecular weight excluding hydrogens is 530 g/mol. The molecule has 0 atom stereocenters. The number of carboxylic acids is 1. The maximum Gasteiger partial charge on any atom is 0.342 e. The lowest BCUT2D eigenvalue weighted by Gasteiger charge is -2.19. The van der Waals surface area contributed by atoms with Crippen LogP contribution in [0.4, 0.5) is 0 Å². The number of carbonyl (C=O) groups is 4. The first-order valence-corrected chi connectivity index (χ1v) is 13.5. The average molecular weight is 568 g/mol. The van der Waals surface area contributed by atoms with Crippen LogP contribution in [-0.2, 0) is 38.7 Å². The maximum atomic E-state index is 12.9. The number of fused-ring (bicyclic) bond motifs is 1. The fraction of sp³-hybridized carbons (Fsp3) is 0.419. The van der Waals surface area contributed by atoms with E-state index in [1.807, 2.05) is 44.2 Å². The number of carboxylic acid groups (broad SMARTS) is 1. The average Bonchev–Trinajstić information content (AvgIpc) is 3.35. The van der Waals surface area contributed by atoms with Crippen LogP contribution in [0.15, 0.2) is 35.9 Å². The van der Waals surface area contributed by atoms with Crippen molar-refractivity contribution < 1.29 is 43.2 Å². The second kappa shape index (κ2) is 14.9. The molecule has 2 N–H and O–H groups in total. The van der Waals surface area contributed by atoms with E-state index < -0.39 is 17.9 Å². The summed E-state index contributed by atoms with van der Waals surface area (Å²) in [5.41, 5.74) is 3.85. The Bertz CT molecular complexity index is 1310. The van der Waals surface area contributed by atoms with Gasteiger partial charge in [-0.2, -0.15) is 0 Å². The molecule has 1 aliphatic heterocycles. The number of benzene rings is 2. The Balaban J connectivity index is 1.63. The lowest BCUT2D eigenvalue weighted by molar-refractivity contribution is -0.137. The molecule has 0 bridgehead atoms. The number of amides is 1. The van der Waals surface area contributed by atoms with E-state index in [0.717, 1.165) is 22.4 Å². The van der Waals surface area contributed by atoms with Gasteiger partial charge in [-0.05, 0) is 62.8 Å². The fourth-order valence-corrected chi connectivity index (χ4v) is 4.56. The number of carbonyl (C=O) groups excluding carboxylic acids is 3. The van der Waals surface area contributed by atoms with Gasteiger partial charge in [-0.25, -0.2) is 4.79 Å². The lowest BCUT2D eigenvalue weighted by atomic mass is 9.94. The molecular formula is C31H37NO9. The molecule has 0 unspecified atom stereocenters. The number of ether oxygens (including phenoxy) is 4. The molecule has 220 valence electrons. The number of allylic oxidation sites excluding steroid dienone is 2. The molecule has 41 heavy (non-hydrogen) atoms. The van der Waals surface area contributed by atoms with Crippen LogP contribution in [0.5, 0.6) is 17.2 Å². The zero-order valence-electron chi connectivity index (χ0n) is 24.0. The normalized spacial score (nSPS) is 12.4. The van der Waals surface area contributed by atoms with E-state index in [0.29, 0.717) is 42.7 Å². The Morgan fingerprint density at radius 1 is 1.00 bits per heavy atom. The summed E-state index contributed by atoms with van der Waals surface area (Å²) in [5, 5.41) is 11.8. The van der Waals surface area contributed by atoms with Crippen LogP contribution in [0.25, 0.3) is 0 Å². The Hall–Kier alpha value is -4.34. The molecule has 1 aliphatic rings. The fourth-order valence-electron chi connectivity index (χ4n) is 4.56. The molecule has 2 aromatic rings. The third kappa shape index (κ3) is 8.57. The topological polar surface area (TPSA) is 137 Å². The predicted octanol–water partition coefficient (Wildman–Crippen LogP) is 4.82. The van der Waals surface area contributed by atoms with Gasteiger partial charge in [0, 0.05) is 36.9 Å². The lowest BCUT2D eigenvalue weighted by Crippen LogP contribution is -2.22. The van der Waals surface area contributed by atoms with Crippen molar-refractivity contribution in [2.75, 3.05) is 14.2 Å². The standard InChI is InChI=1S/C31H37NO9/c1-19(10-16-26(34)35)9-15-23-29(39-4)20(2)24-18-40-31(37)28(24)30(23)41-27(36)8-6-5-7-25(33)32-17-21-11-13-22(38-3)14-12-21/h9,11-14H,5-8,10,15-18H2,1-4H3,(H,32,33)(H,34,35)/b19-9+. The summed E-state index contributed by atoms with van der Waals surface area (Å²) in [6.07, 6.45) is 3.70. The Morgan fingerprint density at radius 3 is 2.37 bits per heavy atom. The molecule has 2 aromatic carbocycles. The van der Waals surface area contributed by atoms with E-state index in [4.69, 9.17) is 24.1 Å². The van der Waals surface area contributed by atoms with Crippen LogP contribution >= 0.6 is 0 Å². The molecule has 1 amide bonds. The van der Waals surface area contributed by atoms with Crippen molar-refractivity contribution in [2.24, 2.45) is 0 Å². The quantitative estimate of drug-likeness (QED) is 0.134. The van der Waals surface area contributed by atoms with Crippen molar-refractivity contribution in [3.8, 4) is 17.2 Å². The van der Waals surface area contributed by atoms with E-state index in [-0.39, 0.29) is 49.5 Å². The zero-order valence-corrected chi connectivity index (χ0v) is 24.0. The summed E-state index contributed by atoms with van der Waals surface area (Å²) < 4.78 is 21.8. The summed E-state index contributed by atoms with van der Waals surface area (Å²) in [7, 11) is 3.09. The van der Waals surface area contributed by atoms with Crippen LogP contribution in [0, 0.1) is 6.92 Å². The second-order valence-electron chi connectivity index (χ2n) is 9.85. The number of rotatable bonds is 15. The molecule has 0 saturated carbocycles. The molecule has 0 aliphatic carbocycles. The van der Waals surface area contributed by atoms with Gasteiger partial charge < -0.3 is 29.4 Å². The SMILES string of the molecule is COc1ccc(CNC(=O)CCCCC(=O)Oc2c(C/C=C(\C)CCC(=O)O)c(OC)c(C)c3c2C(=O)OC3)cc1. The third-order valence-corrected chi connectivity index (χ3v) is 6.91. The predicted molar refractivity (Wildman–Crippen MR) is 150 cm³/mol. The van der Waals surface area contributed by atoms with Gasteiger partial charge in [-0.15, -0.1) is 0 Å². The van der Waals surface area contributed by atoms with E-state index >= 15 is 0 Å². The van der Waals surface area contributed by atoms with Crippen molar-refractivity contribution in [3.63, 3.8) is 0 Å². The van der Waals surface area contributed by atoms with Gasteiger partial charge in [0.15, 0.2) is 5.75 Å². The van der Waals surface area contributed by atoms with Crippen LogP contribution in [0.1, 0.15) is 78.1 Å². The summed E-state index contributed by atoms with van der Waals surface area (Å²) in [6, 6.07) is 7.41. The van der Waals surface area contributed by atoms with Crippen molar-refractivity contribution in [1.82, 2.24) is 5.32 Å². The third-order valence-electron chi connectivity index (χ3n) is 6.91. The number of hydrogen-bond donors (Lipinski definition) is 2. The highest BCUT2D eigenvalue weighted by molar-refractivity contribution is 5.99. The molecule has 0 saturated heterocycles. The van der Waals surface area contributed by atoms with Crippen LogP contribution in [0.3, 0.4) is 0 Å². The van der Waals surface area contributed by atoms with E-state index in [1.54, 1.807) is 7.11 Å². The highest BCUT2D eigenvalue weighted by atomic mass is 16.6. The largest absolute Gasteiger partial charge is 0.497 e. The van der Waals surface area contributed by atoms with Gasteiger partial charge in [0.25, 0.3) is 0 Å². The molecule has 10 nitrogen and oxygen atoms in total. The molecule has 0 spiro atoms. The first-order chi connectivity index (χ1) is 19.6. The number of aliphatic carboxylic acids is 1. The van der Waals surface area contributed by atoms with Gasteiger partial charge in [0.2, 0.25) is 5.91 Å². The summed E-state index contributed by atoms with van der Waals surface area (Å²) in [6.45, 7) is 4.09. The Labute approximate surface area is 239 Å². The smallest absolute Gasteiger partial charge is 0.342 e. The first-order valence-electron chi connectivity index (χ1n) is 13.5. The molecule has 3 rings (SSSR count). The molecule has 0 fully saturated rings. The summed E-state index contributed by atoms with van der Waals surface area (Å²) >= 11 is 0. The maximum absolute atomic E-state index is 12.9. The van der Waals surface area contributed by atoms with Crippen molar-refractivity contribution in [3.05, 3.63) is 63.7 Å². The number of nitrogens with one attached hydrogen (secondary N) is 1. The minimum atomic E-state index is -0.893. The van der Waals surface area contributed by atoms with Crippen molar-refractivity contribution in [2.45, 2.75) is 71.9 Å². The molecule has 1 heterocycles. The molecule has 0 radical (unpaired) electrons. The monoisotopic (exact) mass is 567 g/mol.